The fraction of sp³-hybridized carbons (Fsp3) is 0.371. The lowest BCUT2D eigenvalue weighted by atomic mass is 9.88. The maximum Gasteiger partial charge on any atom is 0.407 e. The highest BCUT2D eigenvalue weighted by Crippen LogP contribution is 2.37. The van der Waals surface area contributed by atoms with E-state index >= 15 is 0 Å². The minimum atomic E-state index is -0.530. The van der Waals surface area contributed by atoms with Crippen LogP contribution in [0.5, 0.6) is 5.75 Å². The minimum absolute atomic E-state index is 0.000450. The summed E-state index contributed by atoms with van der Waals surface area (Å²) in [4.78, 5) is 11.9. The topological polar surface area (TPSA) is 74.6 Å². The summed E-state index contributed by atoms with van der Waals surface area (Å²) in [6.45, 7) is 9.21. The van der Waals surface area contributed by atoms with Gasteiger partial charge in [0, 0.05) is 12.0 Å². The molecule has 5 rings (SSSR count). The van der Waals surface area contributed by atoms with Crippen molar-refractivity contribution >= 4 is 28.1 Å². The van der Waals surface area contributed by atoms with E-state index in [2.05, 4.69) is 66.8 Å². The van der Waals surface area contributed by atoms with Gasteiger partial charge in [-0.3, -0.25) is 0 Å². The Morgan fingerprint density at radius 2 is 1.76 bits per heavy atom. The standard InChI is InChI=1S/C35H41N3O4/c1-5-30(25-11-7-6-8-12-25)33(26-14-17-29(18-15-26)40-22-20-36-34(39)42-35(2,3)4)27-16-19-31-28(23-27)24-37-38(31)32-13-9-10-21-41-32/h6-8,11-12,14-19,23-24,32H,5,9-10,13,20-22H2,1-4H3,(H,36,39)/b33-30+. The largest absolute Gasteiger partial charge is 0.492 e. The second-order valence-corrected chi connectivity index (χ2v) is 11.6. The number of amides is 1. The molecule has 7 heteroatoms. The van der Waals surface area contributed by atoms with Crippen LogP contribution < -0.4 is 10.1 Å². The zero-order valence-electron chi connectivity index (χ0n) is 25.1. The summed E-state index contributed by atoms with van der Waals surface area (Å²) in [5.74, 6) is 0.742. The van der Waals surface area contributed by atoms with Gasteiger partial charge in [0.05, 0.1) is 18.3 Å². The molecule has 0 spiro atoms. The van der Waals surface area contributed by atoms with Crippen LogP contribution in [0.1, 0.15) is 76.3 Å². The van der Waals surface area contributed by atoms with E-state index in [4.69, 9.17) is 19.3 Å². The van der Waals surface area contributed by atoms with Crippen molar-refractivity contribution < 1.29 is 19.0 Å². The molecule has 1 N–H and O–H groups in total. The Balaban J connectivity index is 1.41. The zero-order chi connectivity index (χ0) is 29.5. The lowest BCUT2D eigenvalue weighted by molar-refractivity contribution is -0.0366. The fourth-order valence-corrected chi connectivity index (χ4v) is 5.39. The molecule has 1 amide bonds. The zero-order valence-corrected chi connectivity index (χ0v) is 25.1. The summed E-state index contributed by atoms with van der Waals surface area (Å²) < 4.78 is 19.2. The molecule has 220 valence electrons. The third-order valence-electron chi connectivity index (χ3n) is 7.27. The fourth-order valence-electron chi connectivity index (χ4n) is 5.39. The van der Waals surface area contributed by atoms with E-state index in [0.29, 0.717) is 13.2 Å². The van der Waals surface area contributed by atoms with Gasteiger partial charge in [-0.2, -0.15) is 5.10 Å². The van der Waals surface area contributed by atoms with Gasteiger partial charge in [-0.05, 0) is 98.6 Å². The van der Waals surface area contributed by atoms with E-state index in [-0.39, 0.29) is 6.23 Å². The van der Waals surface area contributed by atoms with Crippen LogP contribution in [0.25, 0.3) is 22.0 Å². The second kappa shape index (κ2) is 13.3. The Morgan fingerprint density at radius 1 is 1.00 bits per heavy atom. The molecule has 2 heterocycles. The van der Waals surface area contributed by atoms with Gasteiger partial charge < -0.3 is 19.5 Å². The molecule has 1 unspecified atom stereocenters. The number of nitrogens with zero attached hydrogens (tertiary/aromatic N) is 2. The predicted octanol–water partition coefficient (Wildman–Crippen LogP) is 8.01. The number of hydrogen-bond acceptors (Lipinski definition) is 5. The van der Waals surface area contributed by atoms with E-state index in [9.17, 15) is 4.79 Å². The molecule has 3 aromatic carbocycles. The molecule has 4 aromatic rings. The Labute approximate surface area is 248 Å². The molecule has 7 nitrogen and oxygen atoms in total. The Kier molecular flexibility index (Phi) is 9.28. The first-order valence-electron chi connectivity index (χ1n) is 14.9. The summed E-state index contributed by atoms with van der Waals surface area (Å²) >= 11 is 0. The van der Waals surface area contributed by atoms with Gasteiger partial charge in [-0.25, -0.2) is 9.48 Å². The maximum atomic E-state index is 11.9. The molecular formula is C35H41N3O4. The van der Waals surface area contributed by atoms with Crippen molar-refractivity contribution in [2.75, 3.05) is 19.8 Å². The molecular weight excluding hydrogens is 526 g/mol. The molecule has 1 aliphatic rings. The summed E-state index contributed by atoms with van der Waals surface area (Å²) in [5, 5.41) is 8.54. The van der Waals surface area contributed by atoms with Crippen molar-refractivity contribution in [3.63, 3.8) is 0 Å². The average Bonchev–Trinajstić information content (AvgIpc) is 3.42. The normalized spacial score (nSPS) is 16.1. The highest BCUT2D eigenvalue weighted by atomic mass is 16.6. The van der Waals surface area contributed by atoms with Crippen molar-refractivity contribution in [2.45, 2.75) is 65.2 Å². The maximum absolute atomic E-state index is 11.9. The van der Waals surface area contributed by atoms with Crippen LogP contribution in [-0.2, 0) is 9.47 Å². The van der Waals surface area contributed by atoms with E-state index in [1.807, 2.05) is 49.8 Å². The average molecular weight is 568 g/mol. The first-order chi connectivity index (χ1) is 20.3. The number of allylic oxidation sites excluding steroid dienone is 1. The molecule has 0 saturated carbocycles. The highest BCUT2D eigenvalue weighted by molar-refractivity contribution is 6.00. The number of rotatable bonds is 9. The van der Waals surface area contributed by atoms with E-state index in [1.165, 1.54) is 16.7 Å². The number of fused-ring (bicyclic) bond motifs is 1. The Morgan fingerprint density at radius 3 is 2.45 bits per heavy atom. The van der Waals surface area contributed by atoms with Gasteiger partial charge in [-0.1, -0.05) is 55.5 Å². The minimum Gasteiger partial charge on any atom is -0.492 e. The predicted molar refractivity (Wildman–Crippen MR) is 167 cm³/mol. The van der Waals surface area contributed by atoms with Crippen LogP contribution in [0.15, 0.2) is 79.0 Å². The van der Waals surface area contributed by atoms with E-state index < -0.39 is 11.7 Å². The van der Waals surface area contributed by atoms with Crippen molar-refractivity contribution in [1.29, 1.82) is 0 Å². The smallest absolute Gasteiger partial charge is 0.407 e. The molecule has 1 saturated heterocycles. The SMILES string of the molecule is CC/C(=C(/c1ccc(OCCNC(=O)OC(C)(C)C)cc1)c1ccc2c(cnn2C2CCCCO2)c1)c1ccccc1. The highest BCUT2D eigenvalue weighted by Gasteiger charge is 2.20. The molecule has 0 radical (unpaired) electrons. The molecule has 1 aromatic heterocycles. The number of aromatic nitrogens is 2. The van der Waals surface area contributed by atoms with Crippen molar-refractivity contribution in [3.05, 3.63) is 95.7 Å². The van der Waals surface area contributed by atoms with Gasteiger partial charge >= 0.3 is 6.09 Å². The lowest BCUT2D eigenvalue weighted by Crippen LogP contribution is -2.34. The van der Waals surface area contributed by atoms with Crippen LogP contribution in [-0.4, -0.2) is 41.2 Å². The number of benzene rings is 3. The second-order valence-electron chi connectivity index (χ2n) is 11.6. The van der Waals surface area contributed by atoms with Gasteiger partial charge in [-0.15, -0.1) is 0 Å². The van der Waals surface area contributed by atoms with Crippen molar-refractivity contribution in [2.24, 2.45) is 0 Å². The molecule has 0 aliphatic carbocycles. The lowest BCUT2D eigenvalue weighted by Gasteiger charge is -2.23. The summed E-state index contributed by atoms with van der Waals surface area (Å²) in [7, 11) is 0. The molecule has 0 bridgehead atoms. The van der Waals surface area contributed by atoms with Crippen LogP contribution >= 0.6 is 0 Å². The quantitative estimate of drug-likeness (QED) is 0.164. The third-order valence-corrected chi connectivity index (χ3v) is 7.27. The van der Waals surface area contributed by atoms with E-state index in [1.54, 1.807) is 0 Å². The molecule has 1 aliphatic heterocycles. The number of hydrogen-bond donors (Lipinski definition) is 1. The first-order valence-corrected chi connectivity index (χ1v) is 14.9. The molecule has 1 fully saturated rings. The molecule has 1 atom stereocenters. The van der Waals surface area contributed by atoms with E-state index in [0.717, 1.165) is 60.1 Å². The van der Waals surface area contributed by atoms with Crippen LogP contribution in [0.4, 0.5) is 4.79 Å². The summed E-state index contributed by atoms with van der Waals surface area (Å²) in [6, 6.07) is 25.3. The number of carbonyl (C=O) groups is 1. The third kappa shape index (κ3) is 7.21. The van der Waals surface area contributed by atoms with Gasteiger partial charge in [0.2, 0.25) is 0 Å². The summed E-state index contributed by atoms with van der Waals surface area (Å²) in [6.07, 6.45) is 5.64. The first kappa shape index (κ1) is 29.4. The van der Waals surface area contributed by atoms with Crippen LogP contribution in [0.2, 0.25) is 0 Å². The number of ether oxygens (including phenoxy) is 3. The van der Waals surface area contributed by atoms with Gasteiger partial charge in [0.1, 0.15) is 18.0 Å². The number of carbonyl (C=O) groups excluding carboxylic acids is 1. The molecule has 42 heavy (non-hydrogen) atoms. The Hall–Kier alpha value is -4.10. The van der Waals surface area contributed by atoms with Crippen molar-refractivity contribution in [1.82, 2.24) is 15.1 Å². The van der Waals surface area contributed by atoms with Gasteiger partial charge in [0.25, 0.3) is 0 Å². The van der Waals surface area contributed by atoms with Crippen LogP contribution in [0, 0.1) is 0 Å². The van der Waals surface area contributed by atoms with Gasteiger partial charge in [0.15, 0.2) is 6.23 Å². The summed E-state index contributed by atoms with van der Waals surface area (Å²) in [5.41, 5.74) is 6.47. The number of alkyl carbamates (subject to hydrolysis) is 1. The Bertz CT molecular complexity index is 1510. The van der Waals surface area contributed by atoms with Crippen LogP contribution in [0.3, 0.4) is 0 Å². The van der Waals surface area contributed by atoms with Crippen molar-refractivity contribution in [3.8, 4) is 5.75 Å². The number of nitrogens with one attached hydrogen (secondary N) is 1. The monoisotopic (exact) mass is 567 g/mol.